The van der Waals surface area contributed by atoms with Crippen LogP contribution >= 0.6 is 11.6 Å². The largest absolute Gasteiger partial charge is 0.385 e. The van der Waals surface area contributed by atoms with Crippen molar-refractivity contribution in [3.8, 4) is 6.07 Å². The Kier molecular flexibility index (Phi) is 4.73. The Labute approximate surface area is 95.2 Å². The highest BCUT2D eigenvalue weighted by atomic mass is 35.5. The van der Waals surface area contributed by atoms with Crippen LogP contribution in [0.5, 0.6) is 0 Å². The summed E-state index contributed by atoms with van der Waals surface area (Å²) in [6.45, 7) is 4.54. The van der Waals surface area contributed by atoms with Gasteiger partial charge in [0.1, 0.15) is 6.07 Å². The van der Waals surface area contributed by atoms with Crippen LogP contribution in [0.2, 0.25) is 5.02 Å². The van der Waals surface area contributed by atoms with E-state index in [4.69, 9.17) is 16.9 Å². The number of hydrogen-bond donors (Lipinski definition) is 1. The van der Waals surface area contributed by atoms with E-state index in [2.05, 4.69) is 11.9 Å². The number of nitriles is 1. The van der Waals surface area contributed by atoms with Crippen molar-refractivity contribution < 1.29 is 0 Å². The van der Waals surface area contributed by atoms with E-state index in [-0.39, 0.29) is 0 Å². The minimum absolute atomic E-state index is 0.492. The molecular formula is C12H13ClN2. The number of benzene rings is 1. The first kappa shape index (κ1) is 11.6. The van der Waals surface area contributed by atoms with Crippen LogP contribution in [0.15, 0.2) is 30.9 Å². The summed E-state index contributed by atoms with van der Waals surface area (Å²) < 4.78 is 0. The predicted octanol–water partition coefficient (Wildman–Crippen LogP) is 3.59. The fourth-order valence-electron chi connectivity index (χ4n) is 1.19. The summed E-state index contributed by atoms with van der Waals surface area (Å²) >= 11 is 5.89. The Balaban J connectivity index is 2.53. The van der Waals surface area contributed by atoms with Gasteiger partial charge in [-0.3, -0.25) is 0 Å². The highest BCUT2D eigenvalue weighted by molar-refractivity contribution is 6.32. The molecule has 1 N–H and O–H groups in total. The minimum Gasteiger partial charge on any atom is -0.385 e. The summed E-state index contributed by atoms with van der Waals surface area (Å²) in [5, 5.41) is 12.4. The molecule has 0 radical (unpaired) electrons. The first-order valence-corrected chi connectivity index (χ1v) is 5.20. The van der Waals surface area contributed by atoms with Crippen molar-refractivity contribution in [2.24, 2.45) is 0 Å². The summed E-state index contributed by atoms with van der Waals surface area (Å²) in [5.41, 5.74) is 1.45. The van der Waals surface area contributed by atoms with E-state index < -0.39 is 0 Å². The zero-order valence-corrected chi connectivity index (χ0v) is 9.22. The fourth-order valence-corrected chi connectivity index (χ4v) is 1.42. The lowest BCUT2D eigenvalue weighted by Crippen LogP contribution is -2.00. The number of halogens is 1. The Morgan fingerprint density at radius 2 is 2.33 bits per heavy atom. The second-order valence-corrected chi connectivity index (χ2v) is 3.57. The van der Waals surface area contributed by atoms with E-state index in [1.54, 1.807) is 12.1 Å². The van der Waals surface area contributed by atoms with E-state index >= 15 is 0 Å². The van der Waals surface area contributed by atoms with Gasteiger partial charge in [-0.15, -0.1) is 6.58 Å². The molecule has 0 amide bonds. The van der Waals surface area contributed by atoms with Crippen molar-refractivity contribution in [3.63, 3.8) is 0 Å². The van der Waals surface area contributed by atoms with Gasteiger partial charge < -0.3 is 5.32 Å². The van der Waals surface area contributed by atoms with Gasteiger partial charge in [0.25, 0.3) is 0 Å². The van der Waals surface area contributed by atoms with Gasteiger partial charge in [-0.05, 0) is 31.0 Å². The molecule has 0 aromatic heterocycles. The van der Waals surface area contributed by atoms with Crippen LogP contribution in [-0.2, 0) is 0 Å². The molecule has 0 unspecified atom stereocenters. The highest BCUT2D eigenvalue weighted by Gasteiger charge is 1.99. The zero-order chi connectivity index (χ0) is 11.1. The second-order valence-electron chi connectivity index (χ2n) is 3.16. The number of anilines is 1. The molecule has 0 bridgehead atoms. The molecule has 78 valence electrons. The Morgan fingerprint density at radius 3 is 2.93 bits per heavy atom. The number of nitrogens with zero attached hydrogens (tertiary/aromatic N) is 1. The molecule has 0 spiro atoms. The average Bonchev–Trinajstić information content (AvgIpc) is 2.25. The van der Waals surface area contributed by atoms with Crippen molar-refractivity contribution in [1.29, 1.82) is 5.26 Å². The molecule has 0 saturated heterocycles. The lowest BCUT2D eigenvalue weighted by atomic mass is 10.2. The van der Waals surface area contributed by atoms with Crippen LogP contribution in [0, 0.1) is 11.3 Å². The van der Waals surface area contributed by atoms with Gasteiger partial charge >= 0.3 is 0 Å². The van der Waals surface area contributed by atoms with Crippen LogP contribution in [0.3, 0.4) is 0 Å². The van der Waals surface area contributed by atoms with E-state index in [0.717, 1.165) is 25.1 Å². The molecule has 0 atom stereocenters. The van der Waals surface area contributed by atoms with Crippen molar-refractivity contribution in [2.45, 2.75) is 12.8 Å². The molecule has 1 rings (SSSR count). The number of hydrogen-bond acceptors (Lipinski definition) is 2. The highest BCUT2D eigenvalue weighted by Crippen LogP contribution is 2.20. The molecule has 3 heteroatoms. The summed E-state index contributed by atoms with van der Waals surface area (Å²) in [6, 6.07) is 7.38. The minimum atomic E-state index is 0.492. The predicted molar refractivity (Wildman–Crippen MR) is 64.1 cm³/mol. The zero-order valence-electron chi connectivity index (χ0n) is 8.46. The lowest BCUT2D eigenvalue weighted by Gasteiger charge is -2.06. The van der Waals surface area contributed by atoms with Gasteiger partial charge in [0.05, 0.1) is 10.6 Å². The third-order valence-electron chi connectivity index (χ3n) is 2.00. The molecule has 1 aromatic carbocycles. The van der Waals surface area contributed by atoms with Crippen LogP contribution in [0.4, 0.5) is 5.69 Å². The number of nitrogens with one attached hydrogen (secondary N) is 1. The topological polar surface area (TPSA) is 35.8 Å². The van der Waals surface area contributed by atoms with Crippen LogP contribution in [0.25, 0.3) is 0 Å². The van der Waals surface area contributed by atoms with Gasteiger partial charge in [0, 0.05) is 12.2 Å². The summed E-state index contributed by atoms with van der Waals surface area (Å²) in [5.74, 6) is 0. The Hall–Kier alpha value is -1.46. The SMILES string of the molecule is C=CCCCNc1ccc(C#N)c(Cl)c1. The standard InChI is InChI=1S/C12H13ClN2/c1-2-3-4-7-15-11-6-5-10(9-14)12(13)8-11/h2,5-6,8,15H,1,3-4,7H2. The third-order valence-corrected chi connectivity index (χ3v) is 2.32. The molecule has 0 fully saturated rings. The maximum atomic E-state index is 8.69. The molecule has 0 saturated carbocycles. The van der Waals surface area contributed by atoms with Crippen LogP contribution < -0.4 is 5.32 Å². The Bertz CT molecular complexity index is 380. The normalized spacial score (nSPS) is 9.33. The summed E-state index contributed by atoms with van der Waals surface area (Å²) in [7, 11) is 0. The maximum Gasteiger partial charge on any atom is 0.101 e. The summed E-state index contributed by atoms with van der Waals surface area (Å²) in [4.78, 5) is 0. The van der Waals surface area contributed by atoms with E-state index in [9.17, 15) is 0 Å². The van der Waals surface area contributed by atoms with Crippen LogP contribution in [0.1, 0.15) is 18.4 Å². The van der Waals surface area contributed by atoms with Crippen LogP contribution in [-0.4, -0.2) is 6.54 Å². The molecule has 0 aliphatic carbocycles. The van der Waals surface area contributed by atoms with Gasteiger partial charge in [0.2, 0.25) is 0 Å². The Morgan fingerprint density at radius 1 is 1.53 bits per heavy atom. The molecule has 2 nitrogen and oxygen atoms in total. The molecule has 1 aromatic rings. The quantitative estimate of drug-likeness (QED) is 0.608. The third kappa shape index (κ3) is 3.65. The van der Waals surface area contributed by atoms with E-state index in [1.165, 1.54) is 0 Å². The monoisotopic (exact) mass is 220 g/mol. The lowest BCUT2D eigenvalue weighted by molar-refractivity contribution is 0.891. The van der Waals surface area contributed by atoms with E-state index in [1.807, 2.05) is 18.2 Å². The average molecular weight is 221 g/mol. The first-order valence-electron chi connectivity index (χ1n) is 4.82. The molecule has 0 aliphatic rings. The first-order chi connectivity index (χ1) is 7.27. The van der Waals surface area contributed by atoms with Gasteiger partial charge in [-0.1, -0.05) is 17.7 Å². The second kappa shape index (κ2) is 6.10. The number of allylic oxidation sites excluding steroid dienone is 1. The van der Waals surface area contributed by atoms with Crippen molar-refractivity contribution >= 4 is 17.3 Å². The molecule has 15 heavy (non-hydrogen) atoms. The van der Waals surface area contributed by atoms with Gasteiger partial charge in [-0.25, -0.2) is 0 Å². The van der Waals surface area contributed by atoms with Gasteiger partial charge in [-0.2, -0.15) is 5.26 Å². The smallest absolute Gasteiger partial charge is 0.101 e. The van der Waals surface area contributed by atoms with Crippen molar-refractivity contribution in [3.05, 3.63) is 41.4 Å². The summed E-state index contributed by atoms with van der Waals surface area (Å²) in [6.07, 6.45) is 3.94. The van der Waals surface area contributed by atoms with Gasteiger partial charge in [0.15, 0.2) is 0 Å². The number of unbranched alkanes of at least 4 members (excludes halogenated alkanes) is 1. The van der Waals surface area contributed by atoms with E-state index in [0.29, 0.717) is 10.6 Å². The molecule has 0 aliphatic heterocycles. The maximum absolute atomic E-state index is 8.69. The van der Waals surface area contributed by atoms with Crippen molar-refractivity contribution in [1.82, 2.24) is 0 Å². The fraction of sp³-hybridized carbons (Fsp3) is 0.250. The van der Waals surface area contributed by atoms with Crippen molar-refractivity contribution in [2.75, 3.05) is 11.9 Å². The number of rotatable bonds is 5. The molecular weight excluding hydrogens is 208 g/mol. The molecule has 0 heterocycles.